The van der Waals surface area contributed by atoms with E-state index in [0.29, 0.717) is 0 Å². The molecule has 1 heterocycles. The largest absolute Gasteiger partial charge is 0.497 e. The molecule has 0 aromatic heterocycles. The van der Waals surface area contributed by atoms with Crippen molar-refractivity contribution in [3.8, 4) is 5.75 Å². The molecule has 1 unspecified atom stereocenters. The van der Waals surface area contributed by atoms with E-state index in [4.69, 9.17) is 9.47 Å². The zero-order chi connectivity index (χ0) is 10.0. The Morgan fingerprint density at radius 2 is 2.27 bits per heavy atom. The second-order valence-electron chi connectivity index (χ2n) is 3.54. The molecule has 4 heteroatoms. The molecule has 1 aromatic carbocycles. The van der Waals surface area contributed by atoms with Gasteiger partial charge < -0.3 is 9.47 Å². The Labute approximate surface area is 96.2 Å². The van der Waals surface area contributed by atoms with E-state index in [9.17, 15) is 0 Å². The van der Waals surface area contributed by atoms with Crippen molar-refractivity contribution in [1.29, 1.82) is 0 Å². The van der Waals surface area contributed by atoms with Crippen LogP contribution >= 0.6 is 12.4 Å². The van der Waals surface area contributed by atoms with Gasteiger partial charge in [-0.1, -0.05) is 12.1 Å². The minimum absolute atomic E-state index is 0. The second kappa shape index (κ2) is 4.84. The summed E-state index contributed by atoms with van der Waals surface area (Å²) >= 11 is 0. The SMILES string of the molecule is COc1cccc(C2(C)NCCO2)c1.Cl. The fraction of sp³-hybridized carbons (Fsp3) is 0.455. The first-order valence-corrected chi connectivity index (χ1v) is 4.78. The van der Waals surface area contributed by atoms with Crippen molar-refractivity contribution in [2.24, 2.45) is 0 Å². The molecule has 1 aromatic rings. The summed E-state index contributed by atoms with van der Waals surface area (Å²) in [7, 11) is 1.67. The number of ether oxygens (including phenoxy) is 2. The molecule has 1 aliphatic heterocycles. The van der Waals surface area contributed by atoms with E-state index in [-0.39, 0.29) is 18.1 Å². The van der Waals surface area contributed by atoms with Gasteiger partial charge in [-0.15, -0.1) is 12.4 Å². The third kappa shape index (κ3) is 2.43. The molecule has 1 fully saturated rings. The van der Waals surface area contributed by atoms with E-state index < -0.39 is 0 Å². The molecule has 84 valence electrons. The number of halogens is 1. The molecule has 2 rings (SSSR count). The van der Waals surface area contributed by atoms with Gasteiger partial charge in [0.2, 0.25) is 0 Å². The lowest BCUT2D eigenvalue weighted by atomic mass is 10.1. The lowest BCUT2D eigenvalue weighted by molar-refractivity contribution is 0.00232. The summed E-state index contributed by atoms with van der Waals surface area (Å²) in [6.07, 6.45) is 0. The monoisotopic (exact) mass is 229 g/mol. The summed E-state index contributed by atoms with van der Waals surface area (Å²) in [5.41, 5.74) is 0.753. The van der Waals surface area contributed by atoms with Crippen molar-refractivity contribution in [2.75, 3.05) is 20.3 Å². The average molecular weight is 230 g/mol. The van der Waals surface area contributed by atoms with Crippen molar-refractivity contribution in [3.63, 3.8) is 0 Å². The number of nitrogens with one attached hydrogen (secondary N) is 1. The Hall–Kier alpha value is -0.770. The first-order chi connectivity index (χ1) is 6.74. The van der Waals surface area contributed by atoms with Crippen molar-refractivity contribution in [3.05, 3.63) is 29.8 Å². The molecule has 0 radical (unpaired) electrons. The molecular weight excluding hydrogens is 214 g/mol. The van der Waals surface area contributed by atoms with Crippen molar-refractivity contribution < 1.29 is 9.47 Å². The van der Waals surface area contributed by atoms with E-state index in [1.165, 1.54) is 0 Å². The van der Waals surface area contributed by atoms with Crippen LogP contribution in [0.4, 0.5) is 0 Å². The number of rotatable bonds is 2. The van der Waals surface area contributed by atoms with E-state index in [1.54, 1.807) is 7.11 Å². The molecule has 3 nitrogen and oxygen atoms in total. The normalized spacial score (nSPS) is 24.7. The second-order valence-corrected chi connectivity index (χ2v) is 3.54. The maximum atomic E-state index is 5.66. The van der Waals surface area contributed by atoms with Gasteiger partial charge in [-0.25, -0.2) is 0 Å². The first kappa shape index (κ1) is 12.3. The third-order valence-electron chi connectivity index (χ3n) is 2.58. The molecule has 15 heavy (non-hydrogen) atoms. The molecule has 0 amide bonds. The van der Waals surface area contributed by atoms with Crippen LogP contribution in [0, 0.1) is 0 Å². The van der Waals surface area contributed by atoms with Gasteiger partial charge >= 0.3 is 0 Å². The number of methoxy groups -OCH3 is 1. The predicted octanol–water partition coefficient (Wildman–Crippen LogP) is 1.91. The van der Waals surface area contributed by atoms with Crippen LogP contribution in [-0.2, 0) is 10.5 Å². The van der Waals surface area contributed by atoms with Crippen LogP contribution in [0.15, 0.2) is 24.3 Å². The van der Waals surface area contributed by atoms with Crippen molar-refractivity contribution in [2.45, 2.75) is 12.6 Å². The van der Waals surface area contributed by atoms with E-state index in [2.05, 4.69) is 5.32 Å². The topological polar surface area (TPSA) is 30.5 Å². The van der Waals surface area contributed by atoms with Gasteiger partial charge in [0.25, 0.3) is 0 Å². The minimum Gasteiger partial charge on any atom is -0.497 e. The summed E-state index contributed by atoms with van der Waals surface area (Å²) < 4.78 is 10.8. The molecule has 1 N–H and O–H groups in total. The van der Waals surface area contributed by atoms with Gasteiger partial charge in [-0.05, 0) is 19.1 Å². The zero-order valence-corrected chi connectivity index (χ0v) is 9.76. The quantitative estimate of drug-likeness (QED) is 0.841. The van der Waals surface area contributed by atoms with Crippen molar-refractivity contribution >= 4 is 12.4 Å². The molecule has 1 aliphatic rings. The molecule has 0 spiro atoms. The smallest absolute Gasteiger partial charge is 0.142 e. The minimum atomic E-state index is -0.353. The van der Waals surface area contributed by atoms with E-state index in [1.807, 2.05) is 31.2 Å². The van der Waals surface area contributed by atoms with Gasteiger partial charge in [0.1, 0.15) is 11.5 Å². The summed E-state index contributed by atoms with van der Waals surface area (Å²) in [6.45, 7) is 3.69. The Morgan fingerprint density at radius 3 is 2.87 bits per heavy atom. The van der Waals surface area contributed by atoms with Gasteiger partial charge in [0.15, 0.2) is 0 Å². The van der Waals surface area contributed by atoms with Crippen LogP contribution in [0.2, 0.25) is 0 Å². The highest BCUT2D eigenvalue weighted by Gasteiger charge is 2.31. The zero-order valence-electron chi connectivity index (χ0n) is 8.95. The van der Waals surface area contributed by atoms with Crippen molar-refractivity contribution in [1.82, 2.24) is 5.32 Å². The maximum Gasteiger partial charge on any atom is 0.142 e. The van der Waals surface area contributed by atoms with Crippen LogP contribution in [0.1, 0.15) is 12.5 Å². The first-order valence-electron chi connectivity index (χ1n) is 4.78. The molecule has 1 saturated heterocycles. The molecular formula is C11H16ClNO2. The lowest BCUT2D eigenvalue weighted by Gasteiger charge is -2.24. The fourth-order valence-corrected chi connectivity index (χ4v) is 1.70. The highest BCUT2D eigenvalue weighted by atomic mass is 35.5. The van der Waals surface area contributed by atoms with Crippen LogP contribution in [-0.4, -0.2) is 20.3 Å². The lowest BCUT2D eigenvalue weighted by Crippen LogP contribution is -2.34. The maximum absolute atomic E-state index is 5.66. The molecule has 0 saturated carbocycles. The third-order valence-corrected chi connectivity index (χ3v) is 2.58. The molecule has 0 aliphatic carbocycles. The fourth-order valence-electron chi connectivity index (χ4n) is 1.70. The van der Waals surface area contributed by atoms with Gasteiger partial charge in [-0.2, -0.15) is 0 Å². The predicted molar refractivity (Wildman–Crippen MR) is 61.5 cm³/mol. The Morgan fingerprint density at radius 1 is 1.47 bits per heavy atom. The van der Waals surface area contributed by atoms with E-state index in [0.717, 1.165) is 24.5 Å². The highest BCUT2D eigenvalue weighted by molar-refractivity contribution is 5.85. The van der Waals surface area contributed by atoms with Crippen LogP contribution in [0.3, 0.4) is 0 Å². The van der Waals surface area contributed by atoms with Gasteiger partial charge in [0, 0.05) is 12.1 Å². The van der Waals surface area contributed by atoms with E-state index >= 15 is 0 Å². The summed E-state index contributed by atoms with van der Waals surface area (Å²) in [5.74, 6) is 0.862. The van der Waals surface area contributed by atoms with Gasteiger partial charge in [0.05, 0.1) is 13.7 Å². The number of hydrogen-bond acceptors (Lipinski definition) is 3. The Kier molecular flexibility index (Phi) is 3.97. The highest BCUT2D eigenvalue weighted by Crippen LogP contribution is 2.27. The van der Waals surface area contributed by atoms with Crippen LogP contribution in [0.25, 0.3) is 0 Å². The Balaban J connectivity index is 0.00000112. The van der Waals surface area contributed by atoms with Gasteiger partial charge in [-0.3, -0.25) is 5.32 Å². The summed E-state index contributed by atoms with van der Waals surface area (Å²) in [4.78, 5) is 0. The molecule has 1 atom stereocenters. The number of benzene rings is 1. The average Bonchev–Trinajstić information content (AvgIpc) is 2.67. The molecule has 0 bridgehead atoms. The van der Waals surface area contributed by atoms with Crippen LogP contribution in [0.5, 0.6) is 5.75 Å². The summed E-state index contributed by atoms with van der Waals surface area (Å²) in [6, 6.07) is 7.95. The Bertz CT molecular complexity index is 324. The summed E-state index contributed by atoms with van der Waals surface area (Å²) in [5, 5.41) is 3.32. The number of hydrogen-bond donors (Lipinski definition) is 1. The van der Waals surface area contributed by atoms with Crippen LogP contribution < -0.4 is 10.1 Å². The standard InChI is InChI=1S/C11H15NO2.ClH/c1-11(12-6-7-14-11)9-4-3-5-10(8-9)13-2;/h3-5,8,12H,6-7H2,1-2H3;1H.